The molecule has 2 aromatic carbocycles. The fraction of sp³-hybridized carbons (Fsp3) is 0.278. The van der Waals surface area contributed by atoms with Gasteiger partial charge in [-0.2, -0.15) is 0 Å². The van der Waals surface area contributed by atoms with Crippen molar-refractivity contribution >= 4 is 23.0 Å². The second-order valence-corrected chi connectivity index (χ2v) is 5.38. The zero-order valence-electron chi connectivity index (χ0n) is 13.3. The molecule has 0 aliphatic carbocycles. The Hall–Kier alpha value is -2.49. The Morgan fingerprint density at radius 3 is 2.50 bits per heavy atom. The van der Waals surface area contributed by atoms with Crippen molar-refractivity contribution in [1.29, 1.82) is 0 Å². The number of aryl methyl sites for hydroxylation is 2. The van der Waals surface area contributed by atoms with Gasteiger partial charge in [0.15, 0.2) is 0 Å². The van der Waals surface area contributed by atoms with Crippen molar-refractivity contribution in [2.75, 3.05) is 17.7 Å². The number of esters is 1. The van der Waals surface area contributed by atoms with Crippen molar-refractivity contribution in [3.05, 3.63) is 53.1 Å². The van der Waals surface area contributed by atoms with E-state index in [0.29, 0.717) is 17.9 Å². The Morgan fingerprint density at radius 2 is 1.86 bits per heavy atom. The van der Waals surface area contributed by atoms with E-state index in [1.54, 1.807) is 18.2 Å². The van der Waals surface area contributed by atoms with Gasteiger partial charge in [0.2, 0.25) is 0 Å². The first-order valence-electron chi connectivity index (χ1n) is 7.42. The van der Waals surface area contributed by atoms with Gasteiger partial charge in [-0.1, -0.05) is 24.6 Å². The lowest BCUT2D eigenvalue weighted by molar-refractivity contribution is 0.0505. The molecule has 0 spiro atoms. The maximum atomic E-state index is 11.8. The summed E-state index contributed by atoms with van der Waals surface area (Å²) in [7, 11) is 0. The second-order valence-electron chi connectivity index (χ2n) is 5.38. The molecular formula is C18H22N2O2. The molecule has 0 aromatic heterocycles. The molecule has 0 saturated heterocycles. The van der Waals surface area contributed by atoms with Crippen molar-refractivity contribution in [3.8, 4) is 0 Å². The number of nitrogen functional groups attached to an aromatic ring is 1. The first-order chi connectivity index (χ1) is 10.5. The third kappa shape index (κ3) is 3.79. The average Bonchev–Trinajstić information content (AvgIpc) is 2.49. The summed E-state index contributed by atoms with van der Waals surface area (Å²) in [6, 6.07) is 11.3. The van der Waals surface area contributed by atoms with Crippen LogP contribution in [0.4, 0.5) is 17.1 Å². The van der Waals surface area contributed by atoms with E-state index in [0.717, 1.165) is 23.4 Å². The molecule has 116 valence electrons. The number of nitrogens with one attached hydrogen (secondary N) is 1. The van der Waals surface area contributed by atoms with E-state index in [9.17, 15) is 4.79 Å². The summed E-state index contributed by atoms with van der Waals surface area (Å²) in [5.74, 6) is -0.341. The summed E-state index contributed by atoms with van der Waals surface area (Å²) in [5, 5.41) is 3.30. The van der Waals surface area contributed by atoms with Crippen LogP contribution in [0.15, 0.2) is 36.4 Å². The predicted molar refractivity (Wildman–Crippen MR) is 90.6 cm³/mol. The Morgan fingerprint density at radius 1 is 1.14 bits per heavy atom. The van der Waals surface area contributed by atoms with Crippen LogP contribution in [-0.4, -0.2) is 12.6 Å². The van der Waals surface area contributed by atoms with Crippen molar-refractivity contribution in [3.63, 3.8) is 0 Å². The van der Waals surface area contributed by atoms with E-state index in [-0.39, 0.29) is 5.97 Å². The molecule has 0 radical (unpaired) electrons. The highest BCUT2D eigenvalue weighted by molar-refractivity contribution is 5.92. The normalized spacial score (nSPS) is 10.3. The van der Waals surface area contributed by atoms with Crippen LogP contribution in [0.1, 0.15) is 34.8 Å². The molecule has 0 heterocycles. The molecule has 0 aliphatic rings. The maximum absolute atomic E-state index is 11.8. The van der Waals surface area contributed by atoms with Crippen molar-refractivity contribution in [2.45, 2.75) is 27.2 Å². The van der Waals surface area contributed by atoms with E-state index < -0.39 is 0 Å². The predicted octanol–water partition coefficient (Wildman–Crippen LogP) is 4.20. The first-order valence-corrected chi connectivity index (χ1v) is 7.42. The maximum Gasteiger partial charge on any atom is 0.338 e. The van der Waals surface area contributed by atoms with E-state index in [1.165, 1.54) is 5.56 Å². The quantitative estimate of drug-likeness (QED) is 0.641. The molecule has 0 atom stereocenters. The average molecular weight is 298 g/mol. The fourth-order valence-corrected chi connectivity index (χ4v) is 2.18. The number of carbonyl (C=O) groups excluding carboxylic acids is 1. The lowest BCUT2D eigenvalue weighted by Gasteiger charge is -2.13. The van der Waals surface area contributed by atoms with Crippen molar-refractivity contribution in [1.82, 2.24) is 0 Å². The largest absolute Gasteiger partial charge is 0.462 e. The van der Waals surface area contributed by atoms with Crippen LogP contribution in [0, 0.1) is 13.8 Å². The second kappa shape index (κ2) is 6.98. The lowest BCUT2D eigenvalue weighted by Crippen LogP contribution is -2.07. The number of carbonyl (C=O) groups is 1. The van der Waals surface area contributed by atoms with Gasteiger partial charge in [-0.05, 0) is 50.1 Å². The molecular weight excluding hydrogens is 276 g/mol. The van der Waals surface area contributed by atoms with Gasteiger partial charge in [0, 0.05) is 5.69 Å². The third-order valence-corrected chi connectivity index (χ3v) is 3.38. The molecule has 0 aliphatic heterocycles. The summed E-state index contributed by atoms with van der Waals surface area (Å²) >= 11 is 0. The lowest BCUT2D eigenvalue weighted by atomic mass is 10.1. The Kier molecular flexibility index (Phi) is 5.04. The number of hydrogen-bond acceptors (Lipinski definition) is 4. The molecule has 0 fully saturated rings. The van der Waals surface area contributed by atoms with Crippen molar-refractivity contribution < 1.29 is 9.53 Å². The number of rotatable bonds is 5. The molecule has 0 unspecified atom stereocenters. The summed E-state index contributed by atoms with van der Waals surface area (Å²) < 4.78 is 5.11. The third-order valence-electron chi connectivity index (χ3n) is 3.38. The molecule has 4 nitrogen and oxygen atoms in total. The number of nitrogens with two attached hydrogens (primary N) is 1. The Balaban J connectivity index is 2.17. The van der Waals surface area contributed by atoms with Gasteiger partial charge in [-0.3, -0.25) is 0 Å². The minimum Gasteiger partial charge on any atom is -0.462 e. The summed E-state index contributed by atoms with van der Waals surface area (Å²) in [5.41, 5.74) is 11.2. The number of hydrogen-bond donors (Lipinski definition) is 2. The molecule has 0 saturated carbocycles. The molecule has 22 heavy (non-hydrogen) atoms. The standard InChI is InChI=1S/C18H22N2O2/c1-4-9-22-18(21)14-6-8-17(15(19)11-14)20-16-7-5-12(2)10-13(16)3/h5-8,10-11,20H,4,9,19H2,1-3H3. The van der Waals surface area contributed by atoms with E-state index in [2.05, 4.69) is 18.3 Å². The molecule has 0 amide bonds. The number of benzene rings is 2. The van der Waals surface area contributed by atoms with Gasteiger partial charge in [0.1, 0.15) is 0 Å². The molecule has 2 rings (SSSR count). The van der Waals surface area contributed by atoms with Gasteiger partial charge in [0.25, 0.3) is 0 Å². The minimum absolute atomic E-state index is 0.341. The monoisotopic (exact) mass is 298 g/mol. The van der Waals surface area contributed by atoms with Crippen LogP contribution >= 0.6 is 0 Å². The van der Waals surface area contributed by atoms with Gasteiger partial charge in [-0.25, -0.2) is 4.79 Å². The van der Waals surface area contributed by atoms with Crippen LogP contribution < -0.4 is 11.1 Å². The van der Waals surface area contributed by atoms with E-state index in [4.69, 9.17) is 10.5 Å². The Labute approximate surface area is 131 Å². The topological polar surface area (TPSA) is 64.3 Å². The van der Waals surface area contributed by atoms with Crippen LogP contribution in [0.25, 0.3) is 0 Å². The number of ether oxygens (including phenoxy) is 1. The highest BCUT2D eigenvalue weighted by atomic mass is 16.5. The molecule has 2 aromatic rings. The van der Waals surface area contributed by atoms with Crippen LogP contribution in [0.5, 0.6) is 0 Å². The van der Waals surface area contributed by atoms with Crippen molar-refractivity contribution in [2.24, 2.45) is 0 Å². The zero-order valence-corrected chi connectivity index (χ0v) is 13.3. The van der Waals surface area contributed by atoms with Gasteiger partial charge in [-0.15, -0.1) is 0 Å². The summed E-state index contributed by atoms with van der Waals surface area (Å²) in [4.78, 5) is 11.8. The highest BCUT2D eigenvalue weighted by Crippen LogP contribution is 2.27. The van der Waals surface area contributed by atoms with Crippen LogP contribution in [0.3, 0.4) is 0 Å². The van der Waals surface area contributed by atoms with Gasteiger partial charge < -0.3 is 15.8 Å². The highest BCUT2D eigenvalue weighted by Gasteiger charge is 2.10. The summed E-state index contributed by atoms with van der Waals surface area (Å²) in [6.45, 7) is 6.48. The Bertz CT molecular complexity index is 681. The smallest absolute Gasteiger partial charge is 0.338 e. The van der Waals surface area contributed by atoms with Gasteiger partial charge in [0.05, 0.1) is 23.5 Å². The number of anilines is 3. The first kappa shape index (κ1) is 15.9. The van der Waals surface area contributed by atoms with Crippen LogP contribution in [-0.2, 0) is 4.74 Å². The van der Waals surface area contributed by atoms with Crippen LogP contribution in [0.2, 0.25) is 0 Å². The van der Waals surface area contributed by atoms with E-state index in [1.807, 2.05) is 26.0 Å². The van der Waals surface area contributed by atoms with Gasteiger partial charge >= 0.3 is 5.97 Å². The molecule has 0 bridgehead atoms. The SMILES string of the molecule is CCCOC(=O)c1ccc(Nc2ccc(C)cc2C)c(N)c1. The zero-order chi connectivity index (χ0) is 16.1. The minimum atomic E-state index is -0.341. The van der Waals surface area contributed by atoms with E-state index >= 15 is 0 Å². The fourth-order valence-electron chi connectivity index (χ4n) is 2.18. The molecule has 3 N–H and O–H groups in total. The summed E-state index contributed by atoms with van der Waals surface area (Å²) in [6.07, 6.45) is 0.799. The molecule has 4 heteroatoms.